The zero-order valence-electron chi connectivity index (χ0n) is 16.3. The van der Waals surface area contributed by atoms with Gasteiger partial charge in [-0.05, 0) is 35.4 Å². The zero-order valence-corrected chi connectivity index (χ0v) is 17.0. The van der Waals surface area contributed by atoms with Crippen molar-refractivity contribution in [3.05, 3.63) is 93.9 Å². The fourth-order valence-corrected chi connectivity index (χ4v) is 4.19. The Balaban J connectivity index is 1.95. The molecule has 3 heterocycles. The van der Waals surface area contributed by atoms with E-state index in [1.54, 1.807) is 12.3 Å². The second kappa shape index (κ2) is 7.67. The number of aromatic nitrogens is 3. The summed E-state index contributed by atoms with van der Waals surface area (Å²) in [6.07, 6.45) is 1.86. The smallest absolute Gasteiger partial charge is 0.249 e. The van der Waals surface area contributed by atoms with E-state index in [0.717, 1.165) is 33.0 Å². The van der Waals surface area contributed by atoms with Gasteiger partial charge in [-0.3, -0.25) is 9.78 Å². The molecule has 0 aliphatic rings. The third-order valence-corrected chi connectivity index (χ3v) is 5.52. The van der Waals surface area contributed by atoms with Crippen LogP contribution in [0.5, 0.6) is 0 Å². The molecule has 0 spiro atoms. The summed E-state index contributed by atoms with van der Waals surface area (Å²) in [6, 6.07) is 22.8. The monoisotopic (exact) mass is 422 g/mol. The van der Waals surface area contributed by atoms with E-state index in [1.165, 1.54) is 6.07 Å². The van der Waals surface area contributed by atoms with Crippen molar-refractivity contribution in [2.45, 2.75) is 6.42 Å². The number of nitrogens with one attached hydrogen (secondary N) is 1. The summed E-state index contributed by atoms with van der Waals surface area (Å²) in [6.45, 7) is 0. The molecule has 0 radical (unpaired) electrons. The molecule has 5 aromatic rings. The van der Waals surface area contributed by atoms with Gasteiger partial charge in [0.05, 0.1) is 28.7 Å². The Morgan fingerprint density at radius 1 is 1.00 bits per heavy atom. The van der Waals surface area contributed by atoms with Crippen LogP contribution in [0.3, 0.4) is 0 Å². The highest BCUT2D eigenvalue weighted by Crippen LogP contribution is 2.39. The lowest BCUT2D eigenvalue weighted by Crippen LogP contribution is -2.07. The highest BCUT2D eigenvalue weighted by molar-refractivity contribution is 6.35. The van der Waals surface area contributed by atoms with E-state index in [-0.39, 0.29) is 12.0 Å². The first-order valence-corrected chi connectivity index (χ1v) is 10.1. The Morgan fingerprint density at radius 2 is 1.84 bits per heavy atom. The molecule has 0 atom stereocenters. The van der Waals surface area contributed by atoms with E-state index < -0.39 is 0 Å². The van der Waals surface area contributed by atoms with E-state index in [4.69, 9.17) is 16.6 Å². The van der Waals surface area contributed by atoms with Crippen LogP contribution >= 0.6 is 11.6 Å². The molecule has 0 aliphatic carbocycles. The first kappa shape index (κ1) is 19.0. The largest absolute Gasteiger partial charge is 0.307 e. The van der Waals surface area contributed by atoms with Crippen LogP contribution in [0.25, 0.3) is 44.3 Å². The summed E-state index contributed by atoms with van der Waals surface area (Å²) in [5, 5.41) is 11.8. The molecule has 5 nitrogen and oxygen atoms in total. The Labute approximate surface area is 182 Å². The highest BCUT2D eigenvalue weighted by atomic mass is 35.5. The van der Waals surface area contributed by atoms with Crippen LogP contribution in [0.2, 0.25) is 5.02 Å². The number of H-pyrrole nitrogens is 1. The molecule has 148 valence electrons. The van der Waals surface area contributed by atoms with Gasteiger partial charge in [0.15, 0.2) is 0 Å². The molecule has 2 aromatic carbocycles. The summed E-state index contributed by atoms with van der Waals surface area (Å²) in [5.41, 5.74) is 4.94. The molecule has 5 rings (SSSR count). The molecule has 3 aromatic heterocycles. The standard InChI is InChI=1S/C25H15ClN4O/c26-20-14-17(13-16-7-4-12-28-23(16)20)22-18(10-11-27)19-8-9-21(31)29-25(19)30-24(22)15-5-2-1-3-6-15/h1-9,12-14H,10H2,(H,29,30,31). The molecule has 0 amide bonds. The second-order valence-corrected chi connectivity index (χ2v) is 7.54. The van der Waals surface area contributed by atoms with Gasteiger partial charge in [0.1, 0.15) is 5.65 Å². The quantitative estimate of drug-likeness (QED) is 0.414. The van der Waals surface area contributed by atoms with Crippen LogP contribution in [-0.4, -0.2) is 15.0 Å². The summed E-state index contributed by atoms with van der Waals surface area (Å²) in [4.78, 5) is 24.0. The minimum Gasteiger partial charge on any atom is -0.307 e. The van der Waals surface area contributed by atoms with Crippen LogP contribution in [0.15, 0.2) is 77.7 Å². The first-order chi connectivity index (χ1) is 15.2. The number of nitrogens with zero attached hydrogens (tertiary/aromatic N) is 3. The zero-order chi connectivity index (χ0) is 21.4. The number of rotatable bonds is 3. The Hall–Kier alpha value is -4.01. The van der Waals surface area contributed by atoms with Gasteiger partial charge in [0.2, 0.25) is 5.56 Å². The van der Waals surface area contributed by atoms with E-state index in [0.29, 0.717) is 21.9 Å². The van der Waals surface area contributed by atoms with Crippen LogP contribution in [0, 0.1) is 11.3 Å². The topological polar surface area (TPSA) is 82.4 Å². The maximum Gasteiger partial charge on any atom is 0.249 e. The molecule has 1 N–H and O–H groups in total. The first-order valence-electron chi connectivity index (χ1n) is 9.68. The van der Waals surface area contributed by atoms with Gasteiger partial charge >= 0.3 is 0 Å². The Bertz CT molecular complexity index is 1550. The molecule has 0 saturated heterocycles. The molecular formula is C25H15ClN4O. The predicted octanol–water partition coefficient (Wildman–Crippen LogP) is 5.52. The van der Waals surface area contributed by atoms with Gasteiger partial charge in [-0.2, -0.15) is 5.26 Å². The van der Waals surface area contributed by atoms with Crippen LogP contribution < -0.4 is 5.56 Å². The van der Waals surface area contributed by atoms with Crippen molar-refractivity contribution in [2.75, 3.05) is 0 Å². The number of aromatic amines is 1. The third kappa shape index (κ3) is 3.33. The summed E-state index contributed by atoms with van der Waals surface area (Å²) < 4.78 is 0. The number of hydrogen-bond donors (Lipinski definition) is 1. The molecule has 0 saturated carbocycles. The maximum absolute atomic E-state index is 12.0. The third-order valence-electron chi connectivity index (χ3n) is 5.24. The van der Waals surface area contributed by atoms with E-state index in [1.807, 2.05) is 54.6 Å². The molecule has 0 aliphatic heterocycles. The van der Waals surface area contributed by atoms with E-state index in [9.17, 15) is 10.1 Å². The van der Waals surface area contributed by atoms with Crippen molar-refractivity contribution in [3.8, 4) is 28.5 Å². The van der Waals surface area contributed by atoms with Gasteiger partial charge in [-0.15, -0.1) is 0 Å². The van der Waals surface area contributed by atoms with Gasteiger partial charge < -0.3 is 4.98 Å². The molecule has 0 unspecified atom stereocenters. The molecule has 0 fully saturated rings. The predicted molar refractivity (Wildman–Crippen MR) is 123 cm³/mol. The minimum atomic E-state index is -0.241. The number of pyridine rings is 3. The average Bonchev–Trinajstić information content (AvgIpc) is 2.79. The Kier molecular flexibility index (Phi) is 4.70. The van der Waals surface area contributed by atoms with Crippen LogP contribution in [0.1, 0.15) is 5.56 Å². The lowest BCUT2D eigenvalue weighted by atomic mass is 9.90. The van der Waals surface area contributed by atoms with Crippen molar-refractivity contribution in [1.82, 2.24) is 15.0 Å². The summed E-state index contributed by atoms with van der Waals surface area (Å²) in [7, 11) is 0. The van der Waals surface area contributed by atoms with Gasteiger partial charge in [0, 0.05) is 34.2 Å². The number of nitriles is 1. The maximum atomic E-state index is 12.0. The lowest BCUT2D eigenvalue weighted by molar-refractivity contribution is 1.20. The summed E-state index contributed by atoms with van der Waals surface area (Å²) in [5.74, 6) is 0. The number of benzene rings is 2. The molecule has 31 heavy (non-hydrogen) atoms. The summed E-state index contributed by atoms with van der Waals surface area (Å²) >= 11 is 6.58. The van der Waals surface area contributed by atoms with Gasteiger partial charge in [-0.25, -0.2) is 4.98 Å². The van der Waals surface area contributed by atoms with Crippen molar-refractivity contribution < 1.29 is 0 Å². The average molecular weight is 423 g/mol. The number of fused-ring (bicyclic) bond motifs is 2. The molecule has 6 heteroatoms. The Morgan fingerprint density at radius 3 is 2.65 bits per heavy atom. The fourth-order valence-electron chi connectivity index (χ4n) is 3.91. The van der Waals surface area contributed by atoms with Crippen molar-refractivity contribution >= 4 is 33.5 Å². The normalized spacial score (nSPS) is 11.0. The lowest BCUT2D eigenvalue weighted by Gasteiger charge is -2.17. The number of hydrogen-bond acceptors (Lipinski definition) is 4. The number of halogens is 1. The van der Waals surface area contributed by atoms with Crippen LogP contribution in [-0.2, 0) is 6.42 Å². The minimum absolute atomic E-state index is 0.156. The van der Waals surface area contributed by atoms with Crippen LogP contribution in [0.4, 0.5) is 0 Å². The van der Waals surface area contributed by atoms with E-state index in [2.05, 4.69) is 16.0 Å². The molecular weight excluding hydrogens is 408 g/mol. The van der Waals surface area contributed by atoms with Gasteiger partial charge in [0.25, 0.3) is 0 Å². The van der Waals surface area contributed by atoms with Crippen molar-refractivity contribution in [1.29, 1.82) is 5.26 Å². The fraction of sp³-hybridized carbons (Fsp3) is 0.0400. The molecule has 0 bridgehead atoms. The highest BCUT2D eigenvalue weighted by Gasteiger charge is 2.20. The van der Waals surface area contributed by atoms with Crippen molar-refractivity contribution in [2.24, 2.45) is 0 Å². The van der Waals surface area contributed by atoms with Crippen molar-refractivity contribution in [3.63, 3.8) is 0 Å². The van der Waals surface area contributed by atoms with E-state index >= 15 is 0 Å². The van der Waals surface area contributed by atoms with Gasteiger partial charge in [-0.1, -0.05) is 48.0 Å². The second-order valence-electron chi connectivity index (χ2n) is 7.13. The SMILES string of the molecule is N#CCc1c(-c2cc(Cl)c3ncccc3c2)c(-c2ccccc2)nc2[nH]c(=O)ccc12.